The van der Waals surface area contributed by atoms with Gasteiger partial charge in [0.1, 0.15) is 11.9 Å². The average Bonchev–Trinajstić information content (AvgIpc) is 3.00. The van der Waals surface area contributed by atoms with Gasteiger partial charge in [0.05, 0.1) is 56.8 Å². The quantitative estimate of drug-likeness (QED) is 0.0185. The molecule has 0 aliphatic heterocycles. The summed E-state index contributed by atoms with van der Waals surface area (Å²) in [5.74, 6) is 6.32. The molecule has 0 bridgehead atoms. The average molecular weight is 815 g/mol. The molecule has 4 N–H and O–H groups in total. The number of aliphatic hydroxyl groups is 2. The van der Waals surface area contributed by atoms with E-state index < -0.39 is 16.9 Å². The number of hydrogen-bond donors (Lipinski definition) is 4. The predicted molar refractivity (Wildman–Crippen MR) is 204 cm³/mol. The number of hydrogen-bond acceptors (Lipinski definition) is 20. The highest BCUT2D eigenvalue weighted by molar-refractivity contribution is 8.27. The number of aliphatic hydroxyl groups excluding tert-OH is 2. The zero-order chi connectivity index (χ0) is 31.5. The maximum absolute atomic E-state index is 12.0. The van der Waals surface area contributed by atoms with Gasteiger partial charge in [0.15, 0.2) is 0 Å². The number of thioether (sulfide) groups is 10. The van der Waals surface area contributed by atoms with E-state index in [4.69, 9.17) is 24.7 Å². The Morgan fingerprint density at radius 2 is 1.37 bits per heavy atom. The summed E-state index contributed by atoms with van der Waals surface area (Å²) in [5, 5.41) is 25.0. The van der Waals surface area contributed by atoms with Crippen LogP contribution in [0.15, 0.2) is 9.98 Å². The second-order valence-electron chi connectivity index (χ2n) is 6.55. The maximum Gasteiger partial charge on any atom is 0.408 e. The molecule has 0 saturated carbocycles. The Hall–Kier alpha value is 1.41. The lowest BCUT2D eigenvalue weighted by atomic mass is 11.0. The third-order valence-electron chi connectivity index (χ3n) is 3.48. The minimum absolute atomic E-state index is 0.0557. The molecule has 43 heavy (non-hydrogen) atoms. The van der Waals surface area contributed by atoms with Gasteiger partial charge in [0.25, 0.3) is 5.24 Å². The van der Waals surface area contributed by atoms with Crippen molar-refractivity contribution in [2.45, 2.75) is 0 Å². The number of nitrogens with one attached hydrogen (secondary N) is 2. The van der Waals surface area contributed by atoms with Gasteiger partial charge in [-0.15, -0.1) is 106 Å². The number of amides is 2. The van der Waals surface area contributed by atoms with Crippen LogP contribution in [0.5, 0.6) is 0 Å². The van der Waals surface area contributed by atoms with Gasteiger partial charge in [-0.2, -0.15) is 4.89 Å². The summed E-state index contributed by atoms with van der Waals surface area (Å²) in [5.41, 5.74) is 1.45. The number of carbonyl (C=O) groups is 2. The van der Waals surface area contributed by atoms with Gasteiger partial charge in [-0.3, -0.25) is 14.0 Å². The van der Waals surface area contributed by atoms with Crippen molar-refractivity contribution in [3.63, 3.8) is 0 Å². The molecular weight excluding hydrogens is 777 g/mol. The van der Waals surface area contributed by atoms with Crippen molar-refractivity contribution in [1.29, 1.82) is 0 Å². The van der Waals surface area contributed by atoms with Crippen LogP contribution in [0.3, 0.4) is 0 Å². The molecule has 12 nitrogen and oxygen atoms in total. The van der Waals surface area contributed by atoms with E-state index in [-0.39, 0.29) is 23.1 Å². The van der Waals surface area contributed by atoms with Gasteiger partial charge < -0.3 is 30.5 Å². The Labute approximate surface area is 298 Å². The van der Waals surface area contributed by atoms with Crippen molar-refractivity contribution in [3.05, 3.63) is 0 Å². The van der Waals surface area contributed by atoms with Crippen LogP contribution in [-0.2, 0) is 25.3 Å². The molecule has 0 heterocycles. The normalized spacial score (nSPS) is 12.1. The summed E-state index contributed by atoms with van der Waals surface area (Å²) in [6.07, 6.45) is 0.818. The van der Waals surface area contributed by atoms with Crippen LogP contribution in [0, 0.1) is 0 Å². The molecule has 0 spiro atoms. The summed E-state index contributed by atoms with van der Waals surface area (Å²) in [7, 11) is -1.18. The molecule has 0 aromatic carbocycles. The van der Waals surface area contributed by atoms with Crippen LogP contribution in [0.1, 0.15) is 0 Å². The monoisotopic (exact) mass is 814 g/mol. The second kappa shape index (κ2) is 37.9. The van der Waals surface area contributed by atoms with Gasteiger partial charge in [-0.25, -0.2) is 9.79 Å². The van der Waals surface area contributed by atoms with E-state index in [2.05, 4.69) is 20.6 Å². The third kappa shape index (κ3) is 37.7. The molecule has 2 amide bonds. The van der Waals surface area contributed by atoms with E-state index in [1.807, 2.05) is 0 Å². The maximum atomic E-state index is 12.0. The van der Waals surface area contributed by atoms with Gasteiger partial charge in [0, 0.05) is 38.3 Å². The summed E-state index contributed by atoms with van der Waals surface area (Å²) in [6.45, 7) is 0. The molecule has 0 aromatic heterocycles. The minimum Gasteiger partial charge on any atom is -0.438 e. The van der Waals surface area contributed by atoms with Gasteiger partial charge in [0.2, 0.25) is 6.40 Å². The zero-order valence-electron chi connectivity index (χ0n) is 23.2. The van der Waals surface area contributed by atoms with E-state index in [1.165, 1.54) is 70.8 Å². The zero-order valence-corrected chi connectivity index (χ0v) is 32.2. The van der Waals surface area contributed by atoms with Crippen LogP contribution >= 0.6 is 118 Å². The van der Waals surface area contributed by atoms with E-state index in [1.54, 1.807) is 47.0 Å². The molecule has 0 aliphatic carbocycles. The Bertz CT molecular complexity index is 751. The molecule has 0 aromatic rings. The molecular formula is C20H38N4O8S11. The van der Waals surface area contributed by atoms with Crippen molar-refractivity contribution in [2.75, 3.05) is 90.6 Å². The van der Waals surface area contributed by atoms with Crippen molar-refractivity contribution in [2.24, 2.45) is 9.98 Å². The topological polar surface area (TPSA) is 168 Å². The van der Waals surface area contributed by atoms with Crippen LogP contribution in [0.25, 0.3) is 0 Å². The number of nitrogens with zero attached hydrogens (tertiary/aromatic N) is 2. The molecule has 1 atom stereocenters. The Morgan fingerprint density at radius 3 is 2.07 bits per heavy atom. The first-order valence-corrected chi connectivity index (χ1v) is 24.7. The lowest BCUT2D eigenvalue weighted by molar-refractivity contribution is -0.196. The Morgan fingerprint density at radius 1 is 0.744 bits per heavy atom. The minimum atomic E-state index is -1.18. The highest BCUT2D eigenvalue weighted by Gasteiger charge is 2.04. The Balaban J connectivity index is 3.43. The molecule has 252 valence electrons. The lowest BCUT2D eigenvalue weighted by Gasteiger charge is -2.06. The van der Waals surface area contributed by atoms with Crippen molar-refractivity contribution >= 4 is 152 Å². The van der Waals surface area contributed by atoms with Crippen LogP contribution in [0.4, 0.5) is 9.59 Å². The fourth-order valence-electron chi connectivity index (χ4n) is 1.80. The van der Waals surface area contributed by atoms with Crippen LogP contribution < -0.4 is 10.6 Å². The molecule has 0 rings (SSSR count). The smallest absolute Gasteiger partial charge is 0.408 e. The van der Waals surface area contributed by atoms with Crippen molar-refractivity contribution < 1.29 is 38.5 Å². The number of rotatable bonds is 31. The largest absolute Gasteiger partial charge is 0.438 e. The van der Waals surface area contributed by atoms with Crippen LogP contribution in [-0.4, -0.2) is 128 Å². The highest BCUT2D eigenvalue weighted by Crippen LogP contribution is 2.15. The number of carbonyl (C=O) groups excluding carboxylic acids is 2. The summed E-state index contributed by atoms with van der Waals surface area (Å²) >= 11 is 14.7. The van der Waals surface area contributed by atoms with Crippen LogP contribution in [0.2, 0.25) is 0 Å². The molecule has 1 unspecified atom stereocenters. The lowest BCUT2D eigenvalue weighted by Crippen LogP contribution is -2.23. The fourth-order valence-corrected chi connectivity index (χ4v) is 10.6. The van der Waals surface area contributed by atoms with E-state index >= 15 is 0 Å². The summed E-state index contributed by atoms with van der Waals surface area (Å²) < 4.78 is 17.0. The first kappa shape index (κ1) is 44.4. The third-order valence-corrected chi connectivity index (χ3v) is 14.4. The van der Waals surface area contributed by atoms with Crippen molar-refractivity contribution in [3.8, 4) is 0 Å². The van der Waals surface area contributed by atoms with E-state index in [0.29, 0.717) is 44.7 Å². The molecule has 0 aliphatic rings. The van der Waals surface area contributed by atoms with E-state index in [0.717, 1.165) is 39.9 Å². The number of ether oxygens (including phenoxy) is 1. The highest BCUT2D eigenvalue weighted by atomic mass is 32.2. The van der Waals surface area contributed by atoms with Gasteiger partial charge >= 0.3 is 6.09 Å². The first-order valence-electron chi connectivity index (χ1n) is 12.0. The van der Waals surface area contributed by atoms with Gasteiger partial charge in [-0.1, -0.05) is 11.8 Å². The number of aliphatic imine (C=N–C) groups is 2. The van der Waals surface area contributed by atoms with Crippen molar-refractivity contribution in [1.82, 2.24) is 10.6 Å². The SMILES string of the molecule is O=C(NCSCCSC/N=C\S(=O)CSCSC(=O)NCSCCSC/N=C/OOCSCSCO)OCSCSCO. The van der Waals surface area contributed by atoms with E-state index in [9.17, 15) is 13.8 Å². The summed E-state index contributed by atoms with van der Waals surface area (Å²) in [6, 6.07) is 0. The molecule has 23 heteroatoms. The standard InChI is InChI=1S/C20H38N4O8S11/c25-11-37-15-39-13-30-19(27)23-8-35-3-2-34-7-22-10-43(29)18-41-17-42-20(28)24-9-36-4-1-33-6-21-5-31-32-14-40-16-38-12-26/h5,10,25-26H,1-4,6-9,11-18H2,(H,23,27)(H,24,28)/b21-5+,22-10-. The molecule has 0 saturated heterocycles. The van der Waals surface area contributed by atoms with Gasteiger partial charge in [-0.05, 0) is 0 Å². The number of alkyl carbamates (subject to hydrolysis) is 1. The molecule has 0 fully saturated rings. The Kier molecular flexibility index (Phi) is 39.1. The summed E-state index contributed by atoms with van der Waals surface area (Å²) in [4.78, 5) is 41.3. The fraction of sp³-hybridized carbons (Fsp3) is 0.800. The first-order chi connectivity index (χ1) is 21.1. The molecule has 0 radical (unpaired) electrons. The second-order valence-corrected chi connectivity index (χ2v) is 19.3. The predicted octanol–water partition coefficient (Wildman–Crippen LogP) is 4.98.